The van der Waals surface area contributed by atoms with Crippen LogP contribution in [0.4, 0.5) is 5.13 Å². The number of fused-ring (bicyclic) bond motifs is 1. The molecule has 4 aromatic rings. The number of hydrogen-bond donors (Lipinski definition) is 0. The minimum Gasteiger partial charge on any atom is -0.491 e. The Labute approximate surface area is 174 Å². The molecule has 0 spiro atoms. The van der Waals surface area contributed by atoms with Crippen molar-refractivity contribution in [2.24, 2.45) is 0 Å². The van der Waals surface area contributed by atoms with Crippen LogP contribution in [0, 0.1) is 0 Å². The molecule has 29 heavy (non-hydrogen) atoms. The number of carbonyl (C=O) groups excluding carboxylic acids is 1. The van der Waals surface area contributed by atoms with Gasteiger partial charge in [-0.25, -0.2) is 4.98 Å². The summed E-state index contributed by atoms with van der Waals surface area (Å²) in [6.45, 7) is 4.42. The third-order valence-electron chi connectivity index (χ3n) is 4.42. The summed E-state index contributed by atoms with van der Waals surface area (Å²) < 4.78 is 6.76. The van der Waals surface area contributed by atoms with Gasteiger partial charge in [0.05, 0.1) is 22.9 Å². The minimum absolute atomic E-state index is 0.0796. The minimum atomic E-state index is -0.0796. The molecule has 0 unspecified atom stereocenters. The van der Waals surface area contributed by atoms with E-state index in [9.17, 15) is 4.79 Å². The number of aromatic nitrogens is 1. The van der Waals surface area contributed by atoms with Crippen LogP contribution in [0.15, 0.2) is 78.9 Å². The van der Waals surface area contributed by atoms with Crippen LogP contribution < -0.4 is 9.64 Å². The van der Waals surface area contributed by atoms with Gasteiger partial charge in [0.2, 0.25) is 0 Å². The lowest BCUT2D eigenvalue weighted by molar-refractivity contribution is 0.0985. The molecule has 4 rings (SSSR count). The highest BCUT2D eigenvalue weighted by atomic mass is 32.1. The van der Waals surface area contributed by atoms with E-state index in [1.165, 1.54) is 11.3 Å². The van der Waals surface area contributed by atoms with E-state index < -0.39 is 0 Å². The van der Waals surface area contributed by atoms with E-state index in [2.05, 4.69) is 0 Å². The van der Waals surface area contributed by atoms with E-state index in [-0.39, 0.29) is 12.0 Å². The lowest BCUT2D eigenvalue weighted by Crippen LogP contribution is -2.30. The summed E-state index contributed by atoms with van der Waals surface area (Å²) in [7, 11) is 0. The van der Waals surface area contributed by atoms with Crippen molar-refractivity contribution in [2.75, 3.05) is 4.90 Å². The van der Waals surface area contributed by atoms with Crippen LogP contribution in [0.3, 0.4) is 0 Å². The van der Waals surface area contributed by atoms with Crippen LogP contribution in [-0.2, 0) is 6.54 Å². The Morgan fingerprint density at radius 1 is 0.966 bits per heavy atom. The first-order valence-corrected chi connectivity index (χ1v) is 10.4. The summed E-state index contributed by atoms with van der Waals surface area (Å²) in [6, 6.07) is 25.2. The fourth-order valence-corrected chi connectivity index (χ4v) is 4.04. The molecule has 1 aromatic heterocycles. The first-order chi connectivity index (χ1) is 14.1. The zero-order valence-corrected chi connectivity index (χ0v) is 17.2. The number of thiazole rings is 1. The standard InChI is InChI=1S/C24H22N2O2S/c1-17(2)28-20-14-12-19(13-15-20)23(27)26(16-18-8-4-3-5-9-18)24-25-21-10-6-7-11-22(21)29-24/h3-15,17H,16H2,1-2H3. The van der Waals surface area contributed by atoms with Crippen molar-refractivity contribution in [3.05, 3.63) is 90.0 Å². The maximum atomic E-state index is 13.4. The molecule has 0 saturated heterocycles. The third-order valence-corrected chi connectivity index (χ3v) is 5.47. The lowest BCUT2D eigenvalue weighted by Gasteiger charge is -2.20. The number of rotatable bonds is 6. The van der Waals surface area contributed by atoms with Crippen molar-refractivity contribution in [1.29, 1.82) is 0 Å². The van der Waals surface area contributed by atoms with E-state index >= 15 is 0 Å². The smallest absolute Gasteiger partial charge is 0.260 e. The fraction of sp³-hybridized carbons (Fsp3) is 0.167. The molecule has 1 heterocycles. The van der Waals surface area contributed by atoms with Gasteiger partial charge in [-0.15, -0.1) is 0 Å². The van der Waals surface area contributed by atoms with Crippen LogP contribution in [0.2, 0.25) is 0 Å². The van der Waals surface area contributed by atoms with Gasteiger partial charge in [0.15, 0.2) is 5.13 Å². The largest absolute Gasteiger partial charge is 0.491 e. The molecule has 4 nitrogen and oxygen atoms in total. The van der Waals surface area contributed by atoms with Crippen molar-refractivity contribution >= 4 is 32.6 Å². The van der Waals surface area contributed by atoms with E-state index in [0.717, 1.165) is 21.5 Å². The molecule has 0 N–H and O–H groups in total. The van der Waals surface area contributed by atoms with Crippen molar-refractivity contribution in [1.82, 2.24) is 4.98 Å². The molecule has 0 aliphatic rings. The zero-order valence-electron chi connectivity index (χ0n) is 16.4. The highest BCUT2D eigenvalue weighted by Gasteiger charge is 2.22. The van der Waals surface area contributed by atoms with Gasteiger partial charge in [-0.2, -0.15) is 0 Å². The Kier molecular flexibility index (Phi) is 5.58. The molecule has 0 aliphatic heterocycles. The number of hydrogen-bond acceptors (Lipinski definition) is 4. The van der Waals surface area contributed by atoms with Crippen LogP contribution in [0.5, 0.6) is 5.75 Å². The molecule has 3 aromatic carbocycles. The van der Waals surface area contributed by atoms with E-state index in [0.29, 0.717) is 17.2 Å². The molecule has 0 bridgehead atoms. The van der Waals surface area contributed by atoms with Gasteiger partial charge < -0.3 is 4.74 Å². The number of anilines is 1. The second-order valence-electron chi connectivity index (χ2n) is 7.03. The molecule has 0 saturated carbocycles. The quantitative estimate of drug-likeness (QED) is 0.401. The van der Waals surface area contributed by atoms with Gasteiger partial charge in [-0.05, 0) is 55.8 Å². The van der Waals surface area contributed by atoms with Crippen molar-refractivity contribution in [3.63, 3.8) is 0 Å². The Bertz CT molecular complexity index is 1070. The summed E-state index contributed by atoms with van der Waals surface area (Å²) in [6.07, 6.45) is 0.0916. The highest BCUT2D eigenvalue weighted by molar-refractivity contribution is 7.22. The van der Waals surface area contributed by atoms with Crippen molar-refractivity contribution in [3.8, 4) is 5.75 Å². The molecule has 0 atom stereocenters. The zero-order chi connectivity index (χ0) is 20.2. The summed E-state index contributed by atoms with van der Waals surface area (Å²) in [5, 5.41) is 0.697. The molecular formula is C24H22N2O2S. The Morgan fingerprint density at radius 3 is 2.34 bits per heavy atom. The van der Waals surface area contributed by atoms with Crippen molar-refractivity contribution in [2.45, 2.75) is 26.5 Å². The number of carbonyl (C=O) groups is 1. The Morgan fingerprint density at radius 2 is 1.66 bits per heavy atom. The van der Waals surface area contributed by atoms with Crippen LogP contribution in [0.25, 0.3) is 10.2 Å². The predicted molar refractivity (Wildman–Crippen MR) is 119 cm³/mol. The van der Waals surface area contributed by atoms with Gasteiger partial charge in [-0.3, -0.25) is 9.69 Å². The van der Waals surface area contributed by atoms with E-state index in [1.807, 2.05) is 92.7 Å². The topological polar surface area (TPSA) is 42.4 Å². The molecule has 0 fully saturated rings. The number of benzene rings is 3. The lowest BCUT2D eigenvalue weighted by atomic mass is 10.1. The molecule has 0 aliphatic carbocycles. The van der Waals surface area contributed by atoms with Crippen molar-refractivity contribution < 1.29 is 9.53 Å². The average molecular weight is 403 g/mol. The molecule has 0 radical (unpaired) electrons. The maximum Gasteiger partial charge on any atom is 0.260 e. The monoisotopic (exact) mass is 402 g/mol. The summed E-state index contributed by atoms with van der Waals surface area (Å²) in [5.41, 5.74) is 2.57. The maximum absolute atomic E-state index is 13.4. The second kappa shape index (κ2) is 8.45. The normalized spacial score (nSPS) is 11.0. The highest BCUT2D eigenvalue weighted by Crippen LogP contribution is 2.31. The second-order valence-corrected chi connectivity index (χ2v) is 8.04. The van der Waals surface area contributed by atoms with E-state index in [1.54, 1.807) is 4.90 Å². The third kappa shape index (κ3) is 4.46. The molecule has 5 heteroatoms. The van der Waals surface area contributed by atoms with Gasteiger partial charge in [0.25, 0.3) is 5.91 Å². The summed E-state index contributed by atoms with van der Waals surface area (Å²) >= 11 is 1.53. The summed E-state index contributed by atoms with van der Waals surface area (Å²) in [5.74, 6) is 0.676. The average Bonchev–Trinajstić information content (AvgIpc) is 3.16. The first-order valence-electron chi connectivity index (χ1n) is 9.58. The van der Waals surface area contributed by atoms with Gasteiger partial charge >= 0.3 is 0 Å². The Balaban J connectivity index is 1.68. The molecular weight excluding hydrogens is 380 g/mol. The summed E-state index contributed by atoms with van der Waals surface area (Å²) in [4.78, 5) is 19.9. The van der Waals surface area contributed by atoms with Gasteiger partial charge in [0, 0.05) is 5.56 Å². The van der Waals surface area contributed by atoms with Crippen LogP contribution in [0.1, 0.15) is 29.8 Å². The van der Waals surface area contributed by atoms with Crippen LogP contribution in [-0.4, -0.2) is 17.0 Å². The molecule has 1 amide bonds. The number of para-hydroxylation sites is 1. The SMILES string of the molecule is CC(C)Oc1ccc(C(=O)N(Cc2ccccc2)c2nc3ccccc3s2)cc1. The molecule has 146 valence electrons. The van der Waals surface area contributed by atoms with Gasteiger partial charge in [-0.1, -0.05) is 53.8 Å². The number of nitrogens with zero attached hydrogens (tertiary/aromatic N) is 2. The van der Waals surface area contributed by atoms with Gasteiger partial charge in [0.1, 0.15) is 5.75 Å². The van der Waals surface area contributed by atoms with Crippen LogP contribution >= 0.6 is 11.3 Å². The van der Waals surface area contributed by atoms with E-state index in [4.69, 9.17) is 9.72 Å². The number of ether oxygens (including phenoxy) is 1. The predicted octanol–water partition coefficient (Wildman–Crippen LogP) is 5.93. The first kappa shape index (κ1) is 19.2. The number of amides is 1. The fourth-order valence-electron chi connectivity index (χ4n) is 3.07. The Hall–Kier alpha value is -3.18.